The van der Waals surface area contributed by atoms with Crippen molar-refractivity contribution in [3.63, 3.8) is 0 Å². The van der Waals surface area contributed by atoms with Gasteiger partial charge in [0.1, 0.15) is 5.58 Å². The van der Waals surface area contributed by atoms with Gasteiger partial charge < -0.3 is 19.0 Å². The largest absolute Gasteiger partial charge is 0.493 e. The normalized spacial score (nSPS) is 12.3. The number of aromatic nitrogens is 2. The van der Waals surface area contributed by atoms with Gasteiger partial charge in [0.15, 0.2) is 23.4 Å². The number of furan rings is 1. The van der Waals surface area contributed by atoms with Crippen molar-refractivity contribution in [2.75, 3.05) is 7.11 Å². The van der Waals surface area contributed by atoms with Crippen LogP contribution in [0.4, 0.5) is 0 Å². The summed E-state index contributed by atoms with van der Waals surface area (Å²) in [5.41, 5.74) is 1.03. The molecule has 9 nitrogen and oxygen atoms in total. The average Bonchev–Trinajstić information content (AvgIpc) is 3.31. The first-order chi connectivity index (χ1) is 17.9. The van der Waals surface area contributed by atoms with Crippen LogP contribution in [-0.2, 0) is 4.79 Å². The number of aliphatic carboxylic acids is 1. The third-order valence-corrected chi connectivity index (χ3v) is 5.87. The Morgan fingerprint density at radius 1 is 1.16 bits per heavy atom. The molecule has 0 saturated carbocycles. The molecule has 0 unspecified atom stereocenters. The van der Waals surface area contributed by atoms with Crippen LogP contribution in [0.5, 0.6) is 11.5 Å². The number of benzene rings is 3. The molecule has 0 bridgehead atoms. The molecule has 0 saturated heterocycles. The van der Waals surface area contributed by atoms with Gasteiger partial charge in [0.2, 0.25) is 5.82 Å². The summed E-state index contributed by atoms with van der Waals surface area (Å²) in [4.78, 5) is 29.5. The topological polar surface area (TPSA) is 116 Å². The van der Waals surface area contributed by atoms with E-state index in [-0.39, 0.29) is 11.6 Å². The van der Waals surface area contributed by atoms with E-state index in [0.717, 1.165) is 10.1 Å². The minimum atomic E-state index is -1.15. The lowest BCUT2D eigenvalue weighted by atomic mass is 10.2. The van der Waals surface area contributed by atoms with E-state index >= 15 is 0 Å². The number of hydrogen-bond donors (Lipinski definition) is 1. The van der Waals surface area contributed by atoms with Crippen LogP contribution in [0.15, 0.2) is 81.0 Å². The van der Waals surface area contributed by atoms with E-state index in [9.17, 15) is 14.7 Å². The first kappa shape index (κ1) is 24.1. The fourth-order valence-corrected chi connectivity index (χ4v) is 3.96. The van der Waals surface area contributed by atoms with Crippen LogP contribution in [0.3, 0.4) is 0 Å². The molecule has 1 N–H and O–H groups in total. The Kier molecular flexibility index (Phi) is 6.37. The number of fused-ring (bicyclic) bond motifs is 2. The van der Waals surface area contributed by atoms with Crippen molar-refractivity contribution in [1.82, 2.24) is 9.66 Å². The number of carbonyl (C=O) groups is 1. The zero-order valence-electron chi connectivity index (χ0n) is 19.7. The lowest BCUT2D eigenvalue weighted by Crippen LogP contribution is -2.24. The van der Waals surface area contributed by atoms with E-state index in [1.807, 2.05) is 0 Å². The van der Waals surface area contributed by atoms with Crippen LogP contribution in [0, 0.1) is 0 Å². The minimum absolute atomic E-state index is 0.172. The summed E-state index contributed by atoms with van der Waals surface area (Å²) in [7, 11) is 1.44. The van der Waals surface area contributed by atoms with Crippen molar-refractivity contribution in [3.05, 3.63) is 87.7 Å². The van der Waals surface area contributed by atoms with E-state index in [0.29, 0.717) is 38.6 Å². The molecular weight excluding hydrogens is 498 g/mol. The summed E-state index contributed by atoms with van der Waals surface area (Å²) in [5.74, 6) is -0.160. The van der Waals surface area contributed by atoms with Crippen LogP contribution in [0.25, 0.3) is 33.5 Å². The smallest absolute Gasteiger partial charge is 0.344 e. The maximum Gasteiger partial charge on any atom is 0.344 e. The van der Waals surface area contributed by atoms with Gasteiger partial charge in [-0.1, -0.05) is 29.8 Å². The van der Waals surface area contributed by atoms with Gasteiger partial charge in [0, 0.05) is 16.0 Å². The van der Waals surface area contributed by atoms with Gasteiger partial charge in [-0.05, 0) is 55.5 Å². The fourth-order valence-electron chi connectivity index (χ4n) is 3.78. The molecule has 0 amide bonds. The van der Waals surface area contributed by atoms with Gasteiger partial charge in [-0.15, -0.1) is 0 Å². The van der Waals surface area contributed by atoms with Crippen LogP contribution < -0.4 is 15.0 Å². The Labute approximate surface area is 215 Å². The number of para-hydroxylation sites is 2. The summed E-state index contributed by atoms with van der Waals surface area (Å²) < 4.78 is 18.1. The molecule has 37 heavy (non-hydrogen) atoms. The number of carboxylic acids is 1. The number of methoxy groups -OCH3 is 1. The van der Waals surface area contributed by atoms with Crippen molar-refractivity contribution in [1.29, 1.82) is 0 Å². The number of carboxylic acid groups (broad SMARTS) is 1. The van der Waals surface area contributed by atoms with Crippen LogP contribution in [0.2, 0.25) is 5.02 Å². The van der Waals surface area contributed by atoms with Gasteiger partial charge in [-0.2, -0.15) is 9.78 Å². The van der Waals surface area contributed by atoms with Crippen LogP contribution in [-0.4, -0.2) is 40.2 Å². The molecule has 5 rings (SSSR count). The summed E-state index contributed by atoms with van der Waals surface area (Å²) in [6.45, 7) is 1.40. The fraction of sp³-hybridized carbons (Fsp3) is 0.111. The molecule has 186 valence electrons. The maximum absolute atomic E-state index is 13.5. The van der Waals surface area contributed by atoms with E-state index in [1.54, 1.807) is 66.7 Å². The number of halogens is 1. The molecule has 0 radical (unpaired) electrons. The van der Waals surface area contributed by atoms with E-state index in [2.05, 4.69) is 10.1 Å². The minimum Gasteiger partial charge on any atom is -0.493 e. The highest BCUT2D eigenvalue weighted by Crippen LogP contribution is 2.32. The second kappa shape index (κ2) is 9.79. The zero-order valence-corrected chi connectivity index (χ0v) is 20.5. The molecule has 3 aromatic carbocycles. The Balaban J connectivity index is 1.69. The Morgan fingerprint density at radius 2 is 1.97 bits per heavy atom. The van der Waals surface area contributed by atoms with Crippen molar-refractivity contribution in [3.8, 4) is 23.1 Å². The zero-order chi connectivity index (χ0) is 26.1. The first-order valence-electron chi connectivity index (χ1n) is 11.2. The quantitative estimate of drug-likeness (QED) is 0.295. The summed E-state index contributed by atoms with van der Waals surface area (Å²) in [6.07, 6.45) is 0.235. The summed E-state index contributed by atoms with van der Waals surface area (Å²) in [5, 5.41) is 15.4. The van der Waals surface area contributed by atoms with Crippen molar-refractivity contribution in [2.24, 2.45) is 5.10 Å². The van der Waals surface area contributed by atoms with E-state index in [4.69, 9.17) is 25.5 Å². The SMILES string of the molecule is COc1cccc(C=Nn2c(-c3cc4cc(Cl)ccc4o3)nc3ccccc3c2=O)c1O[C@H](C)C(=O)O. The van der Waals surface area contributed by atoms with E-state index in [1.165, 1.54) is 20.2 Å². The molecule has 0 aliphatic heterocycles. The number of rotatable bonds is 7. The molecule has 5 aromatic rings. The molecular formula is C27H20ClN3O6. The Morgan fingerprint density at radius 3 is 2.76 bits per heavy atom. The van der Waals surface area contributed by atoms with Gasteiger partial charge in [-0.3, -0.25) is 4.79 Å². The molecule has 1 atom stereocenters. The van der Waals surface area contributed by atoms with Gasteiger partial charge in [-0.25, -0.2) is 9.78 Å². The van der Waals surface area contributed by atoms with Crippen LogP contribution >= 0.6 is 11.6 Å². The molecule has 0 aliphatic carbocycles. The third-order valence-electron chi connectivity index (χ3n) is 5.64. The van der Waals surface area contributed by atoms with E-state index < -0.39 is 17.6 Å². The number of hydrogen-bond acceptors (Lipinski definition) is 7. The third kappa shape index (κ3) is 4.64. The number of ether oxygens (including phenoxy) is 2. The van der Waals surface area contributed by atoms with Crippen LogP contribution in [0.1, 0.15) is 12.5 Å². The lowest BCUT2D eigenvalue weighted by molar-refractivity contribution is -0.144. The lowest BCUT2D eigenvalue weighted by Gasteiger charge is -2.16. The second-order valence-electron chi connectivity index (χ2n) is 8.08. The Bertz CT molecular complexity index is 1740. The summed E-state index contributed by atoms with van der Waals surface area (Å²) in [6, 6.07) is 18.8. The molecule has 10 heteroatoms. The molecule has 0 spiro atoms. The van der Waals surface area contributed by atoms with Crippen molar-refractivity contribution >= 4 is 45.7 Å². The average molecular weight is 518 g/mol. The molecule has 0 fully saturated rings. The summed E-state index contributed by atoms with van der Waals surface area (Å²) >= 11 is 6.13. The maximum atomic E-state index is 13.5. The monoisotopic (exact) mass is 517 g/mol. The second-order valence-corrected chi connectivity index (χ2v) is 8.52. The molecule has 2 aromatic heterocycles. The highest BCUT2D eigenvalue weighted by atomic mass is 35.5. The predicted molar refractivity (Wildman–Crippen MR) is 140 cm³/mol. The standard InChI is InChI=1S/C27H20ClN3O6/c1-15(27(33)34)36-24-16(6-5-9-22(24)35-2)14-29-31-25(30-20-8-4-3-7-19(20)26(31)32)23-13-17-12-18(28)10-11-21(17)37-23/h3-15H,1-2H3,(H,33,34)/t15-/m1/s1. The highest BCUT2D eigenvalue weighted by Gasteiger charge is 2.19. The van der Waals surface area contributed by atoms with Gasteiger partial charge >= 0.3 is 5.97 Å². The Hall–Kier alpha value is -4.63. The van der Waals surface area contributed by atoms with Crippen molar-refractivity contribution in [2.45, 2.75) is 13.0 Å². The van der Waals surface area contributed by atoms with Crippen molar-refractivity contribution < 1.29 is 23.8 Å². The molecule has 2 heterocycles. The highest BCUT2D eigenvalue weighted by molar-refractivity contribution is 6.31. The predicted octanol–water partition coefficient (Wildman–Crippen LogP) is 5.21. The van der Waals surface area contributed by atoms with Gasteiger partial charge in [0.25, 0.3) is 5.56 Å². The first-order valence-corrected chi connectivity index (χ1v) is 11.6. The molecule has 0 aliphatic rings. The number of nitrogens with zero attached hydrogens (tertiary/aromatic N) is 3. The van der Waals surface area contributed by atoms with Gasteiger partial charge in [0.05, 0.1) is 24.2 Å².